The molecule has 6 nitrogen and oxygen atoms in total. The average molecular weight is 434 g/mol. The maximum absolute atomic E-state index is 11.1. The van der Waals surface area contributed by atoms with Gasteiger partial charge in [0.25, 0.3) is 0 Å². The molecule has 0 aromatic heterocycles. The number of hydrogen-bond acceptors (Lipinski definition) is 5. The first kappa shape index (κ1) is 27.1. The molecule has 1 rings (SSSR count). The summed E-state index contributed by atoms with van der Waals surface area (Å²) < 4.78 is 27.6. The molecule has 172 valence electrons. The molecule has 0 amide bonds. The second kappa shape index (κ2) is 17.7. The zero-order chi connectivity index (χ0) is 21.3. The molecule has 5 atom stereocenters. The molecule has 0 radical (unpaired) electrons. The first-order chi connectivity index (χ1) is 14.1. The first-order valence-electron chi connectivity index (χ1n) is 11.9. The third-order valence-electron chi connectivity index (χ3n) is 5.77. The Morgan fingerprint density at radius 1 is 0.862 bits per heavy atom. The summed E-state index contributed by atoms with van der Waals surface area (Å²) in [6.45, 7) is 2.60. The lowest BCUT2D eigenvalue weighted by Gasteiger charge is -2.22. The summed E-state index contributed by atoms with van der Waals surface area (Å²) in [7, 11) is -1.25. The van der Waals surface area contributed by atoms with E-state index in [1.165, 1.54) is 77.0 Å². The molecular formula is C21H44BO6P. The lowest BCUT2D eigenvalue weighted by molar-refractivity contribution is -0.0176. The summed E-state index contributed by atoms with van der Waals surface area (Å²) in [4.78, 5) is 9.07. The van der Waals surface area contributed by atoms with Crippen molar-refractivity contribution < 1.29 is 28.6 Å². The Kier molecular flexibility index (Phi) is 16.6. The molecule has 0 aliphatic carbocycles. The van der Waals surface area contributed by atoms with E-state index in [0.717, 1.165) is 12.8 Å². The standard InChI is InChI=1S/C21H44BO6P/c1-2-3-4-5-6-7-8-9-10-11-12-13-14-15-16-26-20-19(28-29(24)25)18(17-23)27-21(20)22/h18-21,23,29H,2-17,22H2,1H3,(H,24,25)/t18-,19?,20+,21-/m1/s1. The van der Waals surface area contributed by atoms with Crippen LogP contribution in [0, 0.1) is 0 Å². The van der Waals surface area contributed by atoms with Crippen molar-refractivity contribution in [1.29, 1.82) is 0 Å². The van der Waals surface area contributed by atoms with Gasteiger partial charge in [0.05, 0.1) is 12.6 Å². The Morgan fingerprint density at radius 3 is 1.79 bits per heavy atom. The molecule has 1 saturated heterocycles. The number of unbranched alkanes of at least 4 members (excludes halogenated alkanes) is 13. The van der Waals surface area contributed by atoms with Crippen LogP contribution in [0.1, 0.15) is 96.8 Å². The minimum atomic E-state index is -3.10. The first-order valence-corrected chi connectivity index (χ1v) is 13.1. The minimum Gasteiger partial charge on any atom is -0.394 e. The highest BCUT2D eigenvalue weighted by Gasteiger charge is 2.44. The smallest absolute Gasteiger partial charge is 0.317 e. The molecule has 1 heterocycles. The van der Waals surface area contributed by atoms with E-state index in [9.17, 15) is 9.67 Å². The maximum atomic E-state index is 11.1. The van der Waals surface area contributed by atoms with Crippen LogP contribution in [0.15, 0.2) is 0 Å². The molecule has 0 saturated carbocycles. The molecule has 29 heavy (non-hydrogen) atoms. The van der Waals surface area contributed by atoms with Gasteiger partial charge in [0, 0.05) is 6.61 Å². The van der Waals surface area contributed by atoms with Gasteiger partial charge in [-0.15, -0.1) is 0 Å². The average Bonchev–Trinajstić information content (AvgIpc) is 2.99. The summed E-state index contributed by atoms with van der Waals surface area (Å²) >= 11 is 0. The molecule has 1 aliphatic rings. The molecule has 8 heteroatoms. The quantitative estimate of drug-likeness (QED) is 0.182. The summed E-state index contributed by atoms with van der Waals surface area (Å²) in [5, 5.41) is 9.36. The van der Waals surface area contributed by atoms with Crippen LogP contribution in [0.25, 0.3) is 0 Å². The molecule has 0 aromatic carbocycles. The van der Waals surface area contributed by atoms with E-state index >= 15 is 0 Å². The molecule has 2 N–H and O–H groups in total. The van der Waals surface area contributed by atoms with E-state index in [4.69, 9.17) is 18.9 Å². The van der Waals surface area contributed by atoms with Gasteiger partial charge in [0.15, 0.2) is 0 Å². The number of hydrogen-bond donors (Lipinski definition) is 2. The van der Waals surface area contributed by atoms with Crippen molar-refractivity contribution in [2.24, 2.45) is 0 Å². The van der Waals surface area contributed by atoms with Gasteiger partial charge in [-0.05, 0) is 6.42 Å². The minimum absolute atomic E-state index is 0.247. The Labute approximate surface area is 179 Å². The maximum Gasteiger partial charge on any atom is 0.317 e. The summed E-state index contributed by atoms with van der Waals surface area (Å²) in [6.07, 6.45) is 16.7. The van der Waals surface area contributed by atoms with Crippen molar-refractivity contribution in [2.45, 2.75) is 121 Å². The molecule has 1 aliphatic heterocycles. The van der Waals surface area contributed by atoms with Crippen LogP contribution in [0.5, 0.6) is 0 Å². The van der Waals surface area contributed by atoms with E-state index in [-0.39, 0.29) is 12.6 Å². The monoisotopic (exact) mass is 434 g/mol. The SMILES string of the molecule is B[C@@H]1O[C@H](CO)C(O[PH](=O)O)[C@@H]1OCCCCCCCCCCCCCCCC. The molecule has 0 spiro atoms. The predicted molar refractivity (Wildman–Crippen MR) is 120 cm³/mol. The molecule has 2 unspecified atom stereocenters. The van der Waals surface area contributed by atoms with Crippen LogP contribution in [0.3, 0.4) is 0 Å². The van der Waals surface area contributed by atoms with Crippen LogP contribution < -0.4 is 0 Å². The number of ether oxygens (including phenoxy) is 2. The van der Waals surface area contributed by atoms with E-state index in [1.807, 2.05) is 7.85 Å². The van der Waals surface area contributed by atoms with E-state index in [2.05, 4.69) is 6.92 Å². The third kappa shape index (κ3) is 12.5. The van der Waals surface area contributed by atoms with Gasteiger partial charge in [-0.1, -0.05) is 90.4 Å². The van der Waals surface area contributed by atoms with Crippen LogP contribution >= 0.6 is 8.25 Å². The zero-order valence-electron chi connectivity index (χ0n) is 18.7. The largest absolute Gasteiger partial charge is 0.394 e. The third-order valence-corrected chi connectivity index (χ3v) is 6.24. The number of aliphatic hydroxyl groups is 1. The highest BCUT2D eigenvalue weighted by Crippen LogP contribution is 2.31. The number of rotatable bonds is 19. The van der Waals surface area contributed by atoms with Gasteiger partial charge in [0.2, 0.25) is 0 Å². The normalized spacial score (nSPS) is 25.5. The highest BCUT2D eigenvalue weighted by atomic mass is 31.1. The molecule has 0 bridgehead atoms. The molecular weight excluding hydrogens is 390 g/mol. The van der Waals surface area contributed by atoms with Gasteiger partial charge in [-0.3, -0.25) is 4.57 Å². The van der Waals surface area contributed by atoms with Crippen LogP contribution in [-0.2, 0) is 18.6 Å². The Morgan fingerprint density at radius 2 is 1.34 bits per heavy atom. The van der Waals surface area contributed by atoms with Gasteiger partial charge in [-0.25, -0.2) is 0 Å². The Hall–Kier alpha value is 0.0949. The van der Waals surface area contributed by atoms with E-state index in [1.54, 1.807) is 0 Å². The Bertz CT molecular complexity index is 415. The van der Waals surface area contributed by atoms with Crippen molar-refractivity contribution in [3.8, 4) is 0 Å². The fraction of sp³-hybridized carbons (Fsp3) is 1.00. The zero-order valence-corrected chi connectivity index (χ0v) is 19.7. The predicted octanol–water partition coefficient (Wildman–Crippen LogP) is 3.97. The van der Waals surface area contributed by atoms with Gasteiger partial charge >= 0.3 is 8.25 Å². The number of aliphatic hydroxyl groups excluding tert-OH is 1. The van der Waals surface area contributed by atoms with Crippen LogP contribution in [0.2, 0.25) is 0 Å². The van der Waals surface area contributed by atoms with Crippen molar-refractivity contribution >= 4 is 16.1 Å². The summed E-state index contributed by atoms with van der Waals surface area (Å²) in [5.41, 5.74) is 0. The van der Waals surface area contributed by atoms with Gasteiger partial charge in [0.1, 0.15) is 26.2 Å². The fourth-order valence-electron chi connectivity index (χ4n) is 4.06. The lowest BCUT2D eigenvalue weighted by atomic mass is 9.93. The second-order valence-corrected chi connectivity index (χ2v) is 9.11. The van der Waals surface area contributed by atoms with E-state index in [0.29, 0.717) is 6.61 Å². The van der Waals surface area contributed by atoms with Crippen molar-refractivity contribution in [3.63, 3.8) is 0 Å². The second-order valence-electron chi connectivity index (χ2n) is 8.34. The van der Waals surface area contributed by atoms with Gasteiger partial charge < -0.3 is 24.0 Å². The summed E-state index contributed by atoms with van der Waals surface area (Å²) in [6, 6.07) is -0.259. The molecule has 0 aromatic rings. The topological polar surface area (TPSA) is 85.2 Å². The van der Waals surface area contributed by atoms with Crippen molar-refractivity contribution in [2.75, 3.05) is 13.2 Å². The summed E-state index contributed by atoms with van der Waals surface area (Å²) in [5.74, 6) is 0. The highest BCUT2D eigenvalue weighted by molar-refractivity contribution is 7.32. The molecule has 1 fully saturated rings. The van der Waals surface area contributed by atoms with Gasteiger partial charge in [-0.2, -0.15) is 0 Å². The fourth-order valence-corrected chi connectivity index (χ4v) is 4.58. The Balaban J connectivity index is 1.96. The van der Waals surface area contributed by atoms with E-state index < -0.39 is 26.6 Å². The van der Waals surface area contributed by atoms with Crippen LogP contribution in [0.4, 0.5) is 0 Å². The van der Waals surface area contributed by atoms with Crippen molar-refractivity contribution in [3.05, 3.63) is 0 Å². The van der Waals surface area contributed by atoms with Crippen LogP contribution in [-0.4, -0.2) is 55.4 Å². The van der Waals surface area contributed by atoms with Crippen molar-refractivity contribution in [1.82, 2.24) is 0 Å². The lowest BCUT2D eigenvalue weighted by Crippen LogP contribution is -2.37.